The van der Waals surface area contributed by atoms with Crippen LogP contribution in [0.15, 0.2) is 53.1 Å². The Hall–Kier alpha value is -2.59. The van der Waals surface area contributed by atoms with E-state index in [0.29, 0.717) is 11.8 Å². The monoisotopic (exact) mass is 331 g/mol. The molecule has 4 nitrogen and oxygen atoms in total. The second-order valence-corrected chi connectivity index (χ2v) is 7.04. The average Bonchev–Trinajstić information content (AvgIpc) is 3.27. The molecule has 0 unspecified atom stereocenters. The summed E-state index contributed by atoms with van der Waals surface area (Å²) in [5, 5.41) is 1.23. The number of benzene rings is 2. The first kappa shape index (κ1) is 14.7. The van der Waals surface area contributed by atoms with Crippen molar-refractivity contribution in [1.82, 2.24) is 14.9 Å². The first-order valence-electron chi connectivity index (χ1n) is 8.94. The lowest BCUT2D eigenvalue weighted by Gasteiger charge is -2.28. The van der Waals surface area contributed by atoms with E-state index < -0.39 is 0 Å². The summed E-state index contributed by atoms with van der Waals surface area (Å²) in [4.78, 5) is 10.7. The van der Waals surface area contributed by atoms with Crippen molar-refractivity contribution in [3.05, 3.63) is 54.2 Å². The number of piperidine rings is 1. The first-order valence-corrected chi connectivity index (χ1v) is 8.94. The average molecular weight is 331 g/mol. The molecule has 5 rings (SSSR count). The fraction of sp³-hybridized carbons (Fsp3) is 0.286. The molecule has 1 fully saturated rings. The van der Waals surface area contributed by atoms with Gasteiger partial charge in [-0.25, -0.2) is 4.98 Å². The Bertz CT molecular complexity index is 1020. The Morgan fingerprint density at radius 3 is 2.68 bits per heavy atom. The Labute approximate surface area is 146 Å². The van der Waals surface area contributed by atoms with Gasteiger partial charge in [0.05, 0.1) is 0 Å². The number of nitrogens with zero attached hydrogens (tertiary/aromatic N) is 2. The van der Waals surface area contributed by atoms with Gasteiger partial charge in [-0.05, 0) is 68.7 Å². The minimum Gasteiger partial charge on any atom is -0.436 e. The lowest BCUT2D eigenvalue weighted by atomic mass is 9.89. The van der Waals surface area contributed by atoms with Gasteiger partial charge in [-0.3, -0.25) is 0 Å². The van der Waals surface area contributed by atoms with Gasteiger partial charge in [0.25, 0.3) is 0 Å². The highest BCUT2D eigenvalue weighted by molar-refractivity contribution is 6.05. The molecule has 126 valence electrons. The second kappa shape index (κ2) is 5.74. The molecule has 0 aliphatic carbocycles. The smallest absolute Gasteiger partial charge is 0.227 e. The van der Waals surface area contributed by atoms with E-state index in [2.05, 4.69) is 29.2 Å². The van der Waals surface area contributed by atoms with Crippen molar-refractivity contribution < 1.29 is 4.42 Å². The van der Waals surface area contributed by atoms with Gasteiger partial charge in [0.2, 0.25) is 5.89 Å². The first-order chi connectivity index (χ1) is 12.3. The number of hydrogen-bond donors (Lipinski definition) is 1. The molecule has 1 saturated heterocycles. The molecule has 0 radical (unpaired) electrons. The van der Waals surface area contributed by atoms with Gasteiger partial charge < -0.3 is 14.3 Å². The highest BCUT2D eigenvalue weighted by Gasteiger charge is 2.23. The fourth-order valence-corrected chi connectivity index (χ4v) is 3.98. The molecule has 1 aliphatic heterocycles. The lowest BCUT2D eigenvalue weighted by molar-refractivity contribution is 0.256. The maximum absolute atomic E-state index is 6.06. The molecule has 3 heterocycles. The summed E-state index contributed by atoms with van der Waals surface area (Å²) in [7, 11) is 2.20. The Morgan fingerprint density at radius 2 is 1.88 bits per heavy atom. The van der Waals surface area contributed by atoms with Crippen molar-refractivity contribution in [2.75, 3.05) is 20.1 Å². The molecule has 4 aromatic rings. The summed E-state index contributed by atoms with van der Waals surface area (Å²) < 4.78 is 6.06. The largest absolute Gasteiger partial charge is 0.436 e. The molecule has 1 N–H and O–H groups in total. The summed E-state index contributed by atoms with van der Waals surface area (Å²) in [6.45, 7) is 2.31. The minimum absolute atomic E-state index is 0.590. The normalized spacial score (nSPS) is 16.8. The van der Waals surface area contributed by atoms with Gasteiger partial charge in [0, 0.05) is 22.7 Å². The van der Waals surface area contributed by atoms with Gasteiger partial charge in [-0.1, -0.05) is 18.2 Å². The molecule has 1 aliphatic rings. The van der Waals surface area contributed by atoms with Gasteiger partial charge in [-0.2, -0.15) is 0 Å². The molecular formula is C21H21N3O. The maximum Gasteiger partial charge on any atom is 0.227 e. The van der Waals surface area contributed by atoms with Crippen LogP contribution in [0.3, 0.4) is 0 Å². The molecule has 0 bridgehead atoms. The molecule has 0 saturated carbocycles. The standard InChI is InChI=1S/C21H21N3O/c1-24-11-9-14(10-12-24)16-13-22-17-7-8-18-20(19(16)17)23-21(25-18)15-5-3-2-4-6-15/h2-8,13-14,22H,9-12H2,1H3. The molecule has 0 amide bonds. The van der Waals surface area contributed by atoms with E-state index in [1.807, 2.05) is 36.4 Å². The lowest BCUT2D eigenvalue weighted by Crippen LogP contribution is -2.29. The van der Waals surface area contributed by atoms with Gasteiger partial charge in [0.1, 0.15) is 5.52 Å². The highest BCUT2D eigenvalue weighted by Crippen LogP contribution is 2.37. The number of aromatic nitrogens is 2. The zero-order chi connectivity index (χ0) is 16.8. The van der Waals surface area contributed by atoms with Crippen molar-refractivity contribution in [3.8, 4) is 11.5 Å². The SMILES string of the molecule is CN1CCC(c2c[nH]c3ccc4oc(-c5ccccc5)nc4c23)CC1. The third-order valence-corrected chi connectivity index (χ3v) is 5.41. The number of H-pyrrole nitrogens is 1. The number of rotatable bonds is 2. The number of likely N-dealkylation sites (tertiary alicyclic amines) is 1. The Kier molecular flexibility index (Phi) is 3.38. The van der Waals surface area contributed by atoms with Crippen LogP contribution in [0.1, 0.15) is 24.3 Å². The number of hydrogen-bond acceptors (Lipinski definition) is 3. The zero-order valence-corrected chi connectivity index (χ0v) is 14.3. The topological polar surface area (TPSA) is 45.1 Å². The molecule has 0 atom stereocenters. The minimum atomic E-state index is 0.590. The van der Waals surface area contributed by atoms with Crippen LogP contribution in [0.5, 0.6) is 0 Å². The third kappa shape index (κ3) is 2.45. The molecule has 4 heteroatoms. The summed E-state index contributed by atoms with van der Waals surface area (Å²) >= 11 is 0. The molecule has 0 spiro atoms. The van der Waals surface area contributed by atoms with Gasteiger partial charge in [0.15, 0.2) is 5.58 Å². The van der Waals surface area contributed by atoms with E-state index in [4.69, 9.17) is 9.40 Å². The van der Waals surface area contributed by atoms with E-state index in [0.717, 1.165) is 35.3 Å². The van der Waals surface area contributed by atoms with Crippen LogP contribution in [0.4, 0.5) is 0 Å². The summed E-state index contributed by atoms with van der Waals surface area (Å²) in [6.07, 6.45) is 4.57. The molecule has 2 aromatic heterocycles. The van der Waals surface area contributed by atoms with Gasteiger partial charge in [-0.15, -0.1) is 0 Å². The van der Waals surface area contributed by atoms with E-state index in [9.17, 15) is 0 Å². The van der Waals surface area contributed by atoms with Crippen LogP contribution in [0.25, 0.3) is 33.5 Å². The summed E-state index contributed by atoms with van der Waals surface area (Å²) in [5.41, 5.74) is 5.39. The Morgan fingerprint density at radius 1 is 1.08 bits per heavy atom. The molecule has 2 aromatic carbocycles. The second-order valence-electron chi connectivity index (χ2n) is 7.04. The van der Waals surface area contributed by atoms with E-state index in [1.54, 1.807) is 0 Å². The quantitative estimate of drug-likeness (QED) is 0.574. The number of fused-ring (bicyclic) bond motifs is 3. The zero-order valence-electron chi connectivity index (χ0n) is 14.3. The van der Waals surface area contributed by atoms with Gasteiger partial charge >= 0.3 is 0 Å². The number of oxazole rings is 1. The summed E-state index contributed by atoms with van der Waals surface area (Å²) in [5.74, 6) is 1.28. The van der Waals surface area contributed by atoms with Crippen LogP contribution < -0.4 is 0 Å². The predicted octanol–water partition coefficient (Wildman–Crippen LogP) is 4.79. The van der Waals surface area contributed by atoms with E-state index in [-0.39, 0.29) is 0 Å². The van der Waals surface area contributed by atoms with Crippen LogP contribution in [-0.2, 0) is 0 Å². The Balaban J connectivity index is 1.66. The maximum atomic E-state index is 6.06. The van der Waals surface area contributed by atoms with Crippen LogP contribution >= 0.6 is 0 Å². The number of aromatic amines is 1. The van der Waals surface area contributed by atoms with Crippen molar-refractivity contribution in [3.63, 3.8) is 0 Å². The van der Waals surface area contributed by atoms with Crippen molar-refractivity contribution in [1.29, 1.82) is 0 Å². The molecular weight excluding hydrogens is 310 g/mol. The summed E-state index contributed by atoms with van der Waals surface area (Å²) in [6, 6.07) is 14.2. The van der Waals surface area contributed by atoms with Crippen molar-refractivity contribution in [2.45, 2.75) is 18.8 Å². The van der Waals surface area contributed by atoms with Crippen LogP contribution in [0.2, 0.25) is 0 Å². The van der Waals surface area contributed by atoms with Crippen molar-refractivity contribution in [2.24, 2.45) is 0 Å². The van der Waals surface area contributed by atoms with Crippen molar-refractivity contribution >= 4 is 22.0 Å². The number of nitrogens with one attached hydrogen (secondary N) is 1. The fourth-order valence-electron chi connectivity index (χ4n) is 3.98. The van der Waals surface area contributed by atoms with E-state index >= 15 is 0 Å². The predicted molar refractivity (Wildman–Crippen MR) is 101 cm³/mol. The third-order valence-electron chi connectivity index (χ3n) is 5.41. The van der Waals surface area contributed by atoms with Crippen LogP contribution in [0, 0.1) is 0 Å². The van der Waals surface area contributed by atoms with Crippen LogP contribution in [-0.4, -0.2) is 35.0 Å². The molecule has 25 heavy (non-hydrogen) atoms. The highest BCUT2D eigenvalue weighted by atomic mass is 16.3. The van der Waals surface area contributed by atoms with E-state index in [1.165, 1.54) is 23.8 Å².